The molecule has 0 bridgehead atoms. The molecule has 14 heteroatoms. The standard InChI is InChI=1S/C27H21F10NO2.CH4O/c28-24(29)26(33,34)39-18-6-2-5-17(15-18)22-11-10-21-20(16-4-1-7-19(14-16)40-27(35,36)37)8-3-9-23(21)38(22)13-12-25(30,31)32;1-2/h1-9,14-15,22,24H,10-13H2;2H,1H3/t22-;/m1./s1. The van der Waals surface area contributed by atoms with E-state index >= 15 is 0 Å². The van der Waals surface area contributed by atoms with Crippen LogP contribution in [-0.4, -0.2) is 43.8 Å². The van der Waals surface area contributed by atoms with Crippen LogP contribution in [0, 0.1) is 0 Å². The minimum Gasteiger partial charge on any atom is -0.428 e. The molecule has 3 aromatic carbocycles. The highest BCUT2D eigenvalue weighted by Crippen LogP contribution is 2.44. The van der Waals surface area contributed by atoms with Gasteiger partial charge in [0.25, 0.3) is 0 Å². The largest absolute Gasteiger partial charge is 0.573 e. The van der Waals surface area contributed by atoms with E-state index in [-0.39, 0.29) is 18.4 Å². The number of rotatable bonds is 8. The van der Waals surface area contributed by atoms with E-state index in [2.05, 4.69) is 9.47 Å². The molecule has 3 aromatic rings. The van der Waals surface area contributed by atoms with Crippen LogP contribution in [0.25, 0.3) is 11.1 Å². The Morgan fingerprint density at radius 2 is 1.45 bits per heavy atom. The summed E-state index contributed by atoms with van der Waals surface area (Å²) in [7, 11) is 1.00. The number of hydrogen-bond acceptors (Lipinski definition) is 4. The van der Waals surface area contributed by atoms with Crippen LogP contribution in [0.15, 0.2) is 66.7 Å². The van der Waals surface area contributed by atoms with E-state index in [1.54, 1.807) is 12.1 Å². The molecule has 0 saturated heterocycles. The van der Waals surface area contributed by atoms with Crippen LogP contribution < -0.4 is 14.4 Å². The van der Waals surface area contributed by atoms with Crippen molar-refractivity contribution in [1.82, 2.24) is 0 Å². The Balaban J connectivity index is 0.00000237. The van der Waals surface area contributed by atoms with Gasteiger partial charge in [0.1, 0.15) is 11.5 Å². The first-order valence-electron chi connectivity index (χ1n) is 12.3. The Morgan fingerprint density at radius 1 is 0.833 bits per heavy atom. The average Bonchev–Trinajstić information content (AvgIpc) is 2.91. The van der Waals surface area contributed by atoms with Crippen molar-refractivity contribution in [3.8, 4) is 22.6 Å². The van der Waals surface area contributed by atoms with Crippen molar-refractivity contribution in [2.75, 3.05) is 18.6 Å². The van der Waals surface area contributed by atoms with Crippen molar-refractivity contribution in [2.45, 2.75) is 50.4 Å². The first-order chi connectivity index (χ1) is 19.6. The molecule has 0 unspecified atom stereocenters. The van der Waals surface area contributed by atoms with E-state index in [1.165, 1.54) is 41.3 Å². The zero-order valence-corrected chi connectivity index (χ0v) is 21.8. The summed E-state index contributed by atoms with van der Waals surface area (Å²) >= 11 is 0. The van der Waals surface area contributed by atoms with Gasteiger partial charge in [-0.15, -0.1) is 13.2 Å². The summed E-state index contributed by atoms with van der Waals surface area (Å²) in [6.07, 6.45) is -19.1. The molecule has 0 radical (unpaired) electrons. The van der Waals surface area contributed by atoms with Crippen molar-refractivity contribution < 1.29 is 58.5 Å². The zero-order valence-electron chi connectivity index (χ0n) is 21.8. The third-order valence-corrected chi connectivity index (χ3v) is 6.27. The van der Waals surface area contributed by atoms with Crippen LogP contribution in [0.1, 0.15) is 30.0 Å². The summed E-state index contributed by atoms with van der Waals surface area (Å²) < 4.78 is 138. The maximum Gasteiger partial charge on any atom is 0.573 e. The Labute approximate surface area is 234 Å². The first kappa shape index (κ1) is 32.8. The van der Waals surface area contributed by atoms with Crippen molar-refractivity contribution in [3.63, 3.8) is 0 Å². The molecular formula is C28H25F10NO3. The number of fused-ring (bicyclic) bond motifs is 1. The predicted molar refractivity (Wildman–Crippen MR) is 134 cm³/mol. The number of alkyl halides is 10. The lowest BCUT2D eigenvalue weighted by atomic mass is 9.86. The van der Waals surface area contributed by atoms with E-state index in [4.69, 9.17) is 5.11 Å². The van der Waals surface area contributed by atoms with E-state index in [1.807, 2.05) is 0 Å². The number of benzene rings is 3. The lowest BCUT2D eigenvalue weighted by Gasteiger charge is -2.40. The fraction of sp³-hybridized carbons (Fsp3) is 0.357. The lowest BCUT2D eigenvalue weighted by Crippen LogP contribution is -2.36. The number of aliphatic hydroxyl groups is 1. The van der Waals surface area contributed by atoms with E-state index in [9.17, 15) is 43.9 Å². The molecule has 42 heavy (non-hydrogen) atoms. The SMILES string of the molecule is CO.FC(F)C(F)(F)Oc1cccc([C@H]2CCc3c(-c4cccc(OC(F)(F)F)c4)cccc3N2CCC(F)(F)F)c1. The number of aliphatic hydroxyl groups excluding tert-OH is 1. The highest BCUT2D eigenvalue weighted by Gasteiger charge is 2.44. The third-order valence-electron chi connectivity index (χ3n) is 6.27. The highest BCUT2D eigenvalue weighted by atomic mass is 19.4. The fourth-order valence-electron chi connectivity index (χ4n) is 4.70. The van der Waals surface area contributed by atoms with Crippen molar-refractivity contribution >= 4 is 5.69 Å². The number of anilines is 1. The average molecular weight is 613 g/mol. The molecule has 1 N–H and O–H groups in total. The number of nitrogens with zero attached hydrogens (tertiary/aromatic N) is 1. The van der Waals surface area contributed by atoms with Crippen LogP contribution in [0.4, 0.5) is 49.6 Å². The van der Waals surface area contributed by atoms with E-state index in [0.717, 1.165) is 25.3 Å². The second kappa shape index (κ2) is 13.1. The second-order valence-electron chi connectivity index (χ2n) is 9.03. The van der Waals surface area contributed by atoms with Gasteiger partial charge in [-0.3, -0.25) is 0 Å². The monoisotopic (exact) mass is 613 g/mol. The predicted octanol–water partition coefficient (Wildman–Crippen LogP) is 8.54. The molecule has 4 rings (SSSR count). The fourth-order valence-corrected chi connectivity index (χ4v) is 4.70. The van der Waals surface area contributed by atoms with Gasteiger partial charge in [0.05, 0.1) is 12.5 Å². The summed E-state index contributed by atoms with van der Waals surface area (Å²) in [6, 6.07) is 14.0. The maximum atomic E-state index is 13.5. The molecule has 0 aliphatic carbocycles. The highest BCUT2D eigenvalue weighted by molar-refractivity contribution is 5.76. The zero-order chi connectivity index (χ0) is 31.3. The maximum absolute atomic E-state index is 13.5. The Hall–Kier alpha value is -3.68. The van der Waals surface area contributed by atoms with Gasteiger partial charge in [0, 0.05) is 19.3 Å². The minimum atomic E-state index is -4.92. The first-order valence-corrected chi connectivity index (χ1v) is 12.3. The summed E-state index contributed by atoms with van der Waals surface area (Å²) in [6.45, 7) is -0.528. The summed E-state index contributed by atoms with van der Waals surface area (Å²) in [5.74, 6) is -1.05. The quantitative estimate of drug-likeness (QED) is 0.259. The van der Waals surface area contributed by atoms with Gasteiger partial charge >= 0.3 is 25.1 Å². The van der Waals surface area contributed by atoms with E-state index in [0.29, 0.717) is 22.4 Å². The van der Waals surface area contributed by atoms with Gasteiger partial charge < -0.3 is 19.5 Å². The normalized spacial score (nSPS) is 15.5. The molecule has 0 saturated carbocycles. The number of halogens is 10. The summed E-state index contributed by atoms with van der Waals surface area (Å²) in [4.78, 5) is 1.43. The lowest BCUT2D eigenvalue weighted by molar-refractivity contribution is -0.274. The van der Waals surface area contributed by atoms with Crippen molar-refractivity contribution in [3.05, 3.63) is 77.9 Å². The van der Waals surface area contributed by atoms with Crippen LogP contribution in [0.3, 0.4) is 0 Å². The smallest absolute Gasteiger partial charge is 0.428 e. The second-order valence-corrected chi connectivity index (χ2v) is 9.03. The van der Waals surface area contributed by atoms with Crippen LogP contribution in [0.5, 0.6) is 11.5 Å². The van der Waals surface area contributed by atoms with Gasteiger partial charge in [-0.05, 0) is 65.4 Å². The van der Waals surface area contributed by atoms with Gasteiger partial charge in [0.15, 0.2) is 0 Å². The number of ether oxygens (including phenoxy) is 2. The van der Waals surface area contributed by atoms with E-state index < -0.39 is 55.6 Å². The Bertz CT molecular complexity index is 1330. The molecular weight excluding hydrogens is 588 g/mol. The molecule has 4 nitrogen and oxygen atoms in total. The van der Waals surface area contributed by atoms with Crippen LogP contribution in [-0.2, 0) is 6.42 Å². The Morgan fingerprint density at radius 3 is 2.07 bits per heavy atom. The summed E-state index contributed by atoms with van der Waals surface area (Å²) in [5.41, 5.74) is 2.03. The topological polar surface area (TPSA) is 41.9 Å². The van der Waals surface area contributed by atoms with Gasteiger partial charge in [-0.2, -0.15) is 30.7 Å². The van der Waals surface area contributed by atoms with Crippen LogP contribution >= 0.6 is 0 Å². The molecule has 1 atom stereocenters. The molecule has 0 aromatic heterocycles. The Kier molecular flexibility index (Phi) is 10.2. The molecule has 0 amide bonds. The van der Waals surface area contributed by atoms with Crippen molar-refractivity contribution in [1.29, 1.82) is 0 Å². The molecule has 0 fully saturated rings. The minimum absolute atomic E-state index is 0.190. The molecule has 230 valence electrons. The van der Waals surface area contributed by atoms with Gasteiger partial charge in [-0.25, -0.2) is 0 Å². The van der Waals surface area contributed by atoms with Gasteiger partial charge in [0.2, 0.25) is 0 Å². The molecule has 0 spiro atoms. The third kappa shape index (κ3) is 8.43. The molecule has 1 heterocycles. The van der Waals surface area contributed by atoms with Crippen LogP contribution in [0.2, 0.25) is 0 Å². The molecule has 1 aliphatic rings. The van der Waals surface area contributed by atoms with Crippen molar-refractivity contribution in [2.24, 2.45) is 0 Å². The van der Waals surface area contributed by atoms with Gasteiger partial charge in [-0.1, -0.05) is 36.4 Å². The summed E-state index contributed by atoms with van der Waals surface area (Å²) in [5, 5.41) is 7.00. The molecule has 1 aliphatic heterocycles. The number of hydrogen-bond donors (Lipinski definition) is 1.